The molecule has 0 saturated carbocycles. The normalized spacial score (nSPS) is 23.2. The molecule has 2 aromatic heterocycles. The maximum atomic E-state index is 12.7. The zero-order valence-corrected chi connectivity index (χ0v) is 16.1. The molecule has 1 aliphatic heterocycles. The van der Waals surface area contributed by atoms with Gasteiger partial charge in [0.2, 0.25) is 0 Å². The quantitative estimate of drug-likeness (QED) is 0.789. The smallest absolute Gasteiger partial charge is 0.256 e. The summed E-state index contributed by atoms with van der Waals surface area (Å²) in [4.78, 5) is 15.3. The Hall–Kier alpha value is -1.33. The molecule has 24 heavy (non-hydrogen) atoms. The van der Waals surface area contributed by atoms with E-state index in [0.29, 0.717) is 11.3 Å². The molecule has 2 unspecified atom stereocenters. The molecule has 1 aliphatic carbocycles. The molecule has 0 saturated heterocycles. The van der Waals surface area contributed by atoms with Crippen molar-refractivity contribution in [1.82, 2.24) is 5.32 Å². The lowest BCUT2D eigenvalue weighted by molar-refractivity contribution is 0.0935. The first-order valence-corrected chi connectivity index (χ1v) is 10.4. The van der Waals surface area contributed by atoms with Crippen molar-refractivity contribution in [1.29, 1.82) is 0 Å². The molecule has 0 fully saturated rings. The Morgan fingerprint density at radius 3 is 2.88 bits per heavy atom. The predicted octanol–water partition coefficient (Wildman–Crippen LogP) is 5.20. The van der Waals surface area contributed by atoms with Crippen molar-refractivity contribution < 1.29 is 4.79 Å². The van der Waals surface area contributed by atoms with E-state index >= 15 is 0 Å². The Labute approximate surface area is 151 Å². The van der Waals surface area contributed by atoms with Gasteiger partial charge in [-0.3, -0.25) is 4.79 Å². The highest BCUT2D eigenvalue weighted by Crippen LogP contribution is 2.47. The fraction of sp³-hybridized carbons (Fsp3) is 0.526. The summed E-state index contributed by atoms with van der Waals surface area (Å²) < 4.78 is 0. The maximum absolute atomic E-state index is 12.7. The van der Waals surface area contributed by atoms with Crippen LogP contribution in [0.4, 0.5) is 5.00 Å². The third kappa shape index (κ3) is 2.58. The van der Waals surface area contributed by atoms with Crippen LogP contribution in [-0.4, -0.2) is 5.91 Å². The van der Waals surface area contributed by atoms with Gasteiger partial charge in [-0.05, 0) is 47.6 Å². The molecule has 2 aromatic rings. The van der Waals surface area contributed by atoms with Crippen molar-refractivity contribution in [2.75, 3.05) is 5.32 Å². The largest absolute Gasteiger partial charge is 0.352 e. The minimum Gasteiger partial charge on any atom is -0.352 e. The second-order valence-corrected chi connectivity index (χ2v) is 9.64. The van der Waals surface area contributed by atoms with Crippen LogP contribution >= 0.6 is 22.7 Å². The topological polar surface area (TPSA) is 41.1 Å². The van der Waals surface area contributed by atoms with E-state index in [9.17, 15) is 4.79 Å². The van der Waals surface area contributed by atoms with Crippen LogP contribution < -0.4 is 10.6 Å². The van der Waals surface area contributed by atoms with Crippen LogP contribution in [-0.2, 0) is 12.8 Å². The second-order valence-electron chi connectivity index (χ2n) is 7.56. The minimum atomic E-state index is -0.0898. The van der Waals surface area contributed by atoms with Gasteiger partial charge >= 0.3 is 0 Å². The summed E-state index contributed by atoms with van der Waals surface area (Å²) in [5.74, 6) is 0.805. The highest BCUT2D eigenvalue weighted by atomic mass is 32.1. The molecule has 3 heterocycles. The van der Waals surface area contributed by atoms with E-state index < -0.39 is 0 Å². The number of hydrogen-bond acceptors (Lipinski definition) is 4. The summed E-state index contributed by atoms with van der Waals surface area (Å²) in [6.45, 7) is 7.05. The Balaban J connectivity index is 1.64. The maximum Gasteiger partial charge on any atom is 0.256 e. The van der Waals surface area contributed by atoms with E-state index in [1.807, 2.05) is 6.07 Å². The van der Waals surface area contributed by atoms with E-state index in [0.717, 1.165) is 28.3 Å². The molecule has 5 heteroatoms. The third-order valence-electron chi connectivity index (χ3n) is 5.89. The highest BCUT2D eigenvalue weighted by Gasteiger charge is 2.37. The lowest BCUT2D eigenvalue weighted by Gasteiger charge is -2.36. The van der Waals surface area contributed by atoms with Gasteiger partial charge in [-0.15, -0.1) is 22.7 Å². The molecule has 0 radical (unpaired) electrons. The molecule has 2 atom stereocenters. The van der Waals surface area contributed by atoms with Gasteiger partial charge in [-0.2, -0.15) is 0 Å². The summed E-state index contributed by atoms with van der Waals surface area (Å²) in [6.07, 6.45) is 4.46. The summed E-state index contributed by atoms with van der Waals surface area (Å²) in [7, 11) is 0. The molecule has 2 aliphatic rings. The average molecular weight is 361 g/mol. The first kappa shape index (κ1) is 16.2. The standard InChI is InChI=1S/C19H24N2OS2/c1-4-19(2,3)11-7-8-12-14(10-11)24-18-15(12)17(22)20-16(21-18)13-6-5-9-23-13/h5-6,9,11,16,21H,4,7-8,10H2,1-3H3,(H,20,22). The third-order valence-corrected chi connectivity index (χ3v) is 8.01. The van der Waals surface area contributed by atoms with Crippen LogP contribution in [0.3, 0.4) is 0 Å². The first-order chi connectivity index (χ1) is 11.5. The van der Waals surface area contributed by atoms with Crippen LogP contribution in [0.1, 0.15) is 65.5 Å². The van der Waals surface area contributed by atoms with Crippen molar-refractivity contribution in [2.24, 2.45) is 11.3 Å². The van der Waals surface area contributed by atoms with Crippen LogP contribution in [0.15, 0.2) is 17.5 Å². The molecule has 0 aromatic carbocycles. The van der Waals surface area contributed by atoms with Gasteiger partial charge in [0.1, 0.15) is 11.2 Å². The Bertz CT molecular complexity index is 761. The van der Waals surface area contributed by atoms with E-state index in [1.54, 1.807) is 22.7 Å². The summed E-state index contributed by atoms with van der Waals surface area (Å²) in [6, 6.07) is 4.10. The molecule has 3 nitrogen and oxygen atoms in total. The van der Waals surface area contributed by atoms with Crippen LogP contribution in [0, 0.1) is 11.3 Å². The molecule has 128 valence electrons. The summed E-state index contributed by atoms with van der Waals surface area (Å²) in [5, 5.41) is 9.80. The number of thiophene rings is 2. The average Bonchev–Trinajstić information content (AvgIpc) is 3.21. The van der Waals surface area contributed by atoms with Crippen molar-refractivity contribution in [2.45, 2.75) is 52.6 Å². The number of carbonyl (C=O) groups excluding carboxylic acids is 1. The van der Waals surface area contributed by atoms with Crippen molar-refractivity contribution in [3.63, 3.8) is 0 Å². The summed E-state index contributed by atoms with van der Waals surface area (Å²) >= 11 is 3.48. The van der Waals surface area contributed by atoms with E-state index in [4.69, 9.17) is 0 Å². The van der Waals surface area contributed by atoms with Gasteiger partial charge in [0.25, 0.3) is 5.91 Å². The van der Waals surface area contributed by atoms with Gasteiger partial charge < -0.3 is 10.6 Å². The number of hydrogen-bond donors (Lipinski definition) is 2. The van der Waals surface area contributed by atoms with Gasteiger partial charge in [-0.25, -0.2) is 0 Å². The van der Waals surface area contributed by atoms with Gasteiger partial charge in [-0.1, -0.05) is 33.3 Å². The number of anilines is 1. The predicted molar refractivity (Wildman–Crippen MR) is 102 cm³/mol. The lowest BCUT2D eigenvalue weighted by atomic mass is 9.69. The molecule has 0 bridgehead atoms. The molecule has 1 amide bonds. The van der Waals surface area contributed by atoms with Crippen molar-refractivity contribution >= 4 is 33.6 Å². The number of carbonyl (C=O) groups is 1. The molecular formula is C19H24N2OS2. The molecule has 4 rings (SSSR count). The Kier molecular flexibility index (Phi) is 3.96. The van der Waals surface area contributed by atoms with E-state index in [1.165, 1.54) is 23.3 Å². The van der Waals surface area contributed by atoms with Gasteiger partial charge in [0.15, 0.2) is 0 Å². The Morgan fingerprint density at radius 2 is 2.17 bits per heavy atom. The minimum absolute atomic E-state index is 0.0898. The SMILES string of the molecule is CCC(C)(C)C1CCc2c(sc3c2C(=O)NC(c2cccs2)N3)C1. The van der Waals surface area contributed by atoms with E-state index in [-0.39, 0.29) is 12.1 Å². The highest BCUT2D eigenvalue weighted by molar-refractivity contribution is 7.16. The molecular weight excluding hydrogens is 336 g/mol. The molecule has 2 N–H and O–H groups in total. The number of fused-ring (bicyclic) bond motifs is 3. The first-order valence-electron chi connectivity index (χ1n) is 8.75. The zero-order chi connectivity index (χ0) is 16.9. The van der Waals surface area contributed by atoms with Crippen molar-refractivity contribution in [3.05, 3.63) is 38.4 Å². The Morgan fingerprint density at radius 1 is 1.33 bits per heavy atom. The lowest BCUT2D eigenvalue weighted by Crippen LogP contribution is -2.38. The van der Waals surface area contributed by atoms with Crippen LogP contribution in [0.5, 0.6) is 0 Å². The van der Waals surface area contributed by atoms with Gasteiger partial charge in [0.05, 0.1) is 5.56 Å². The number of amides is 1. The van der Waals surface area contributed by atoms with E-state index in [2.05, 4.69) is 42.9 Å². The van der Waals surface area contributed by atoms with Crippen LogP contribution in [0.2, 0.25) is 0 Å². The number of rotatable bonds is 3. The zero-order valence-electron chi connectivity index (χ0n) is 14.4. The monoisotopic (exact) mass is 360 g/mol. The van der Waals surface area contributed by atoms with Crippen LogP contribution in [0.25, 0.3) is 0 Å². The number of nitrogens with one attached hydrogen (secondary N) is 2. The van der Waals surface area contributed by atoms with Gasteiger partial charge in [0, 0.05) is 9.75 Å². The second kappa shape index (κ2) is 5.88. The fourth-order valence-electron chi connectivity index (χ4n) is 3.85. The van der Waals surface area contributed by atoms with Crippen molar-refractivity contribution in [3.8, 4) is 0 Å². The molecule has 0 spiro atoms. The fourth-order valence-corrected chi connectivity index (χ4v) is 5.93. The summed E-state index contributed by atoms with van der Waals surface area (Å²) in [5.41, 5.74) is 2.58.